The van der Waals surface area contributed by atoms with Crippen LogP contribution >= 0.6 is 11.6 Å². The number of aryl methyl sites for hydroxylation is 2. The van der Waals surface area contributed by atoms with Crippen LogP contribution in [0.3, 0.4) is 0 Å². The Balaban J connectivity index is 2.22. The Bertz CT molecular complexity index is 848. The predicted molar refractivity (Wildman–Crippen MR) is 98.7 cm³/mol. The van der Waals surface area contributed by atoms with Gasteiger partial charge in [0, 0.05) is 12.6 Å². The van der Waals surface area contributed by atoms with Crippen LogP contribution < -0.4 is 10.2 Å². The molecule has 2 amide bonds. The molecule has 0 spiro atoms. The number of nitrogens with zero attached hydrogens (tertiary/aromatic N) is 2. The van der Waals surface area contributed by atoms with Crippen molar-refractivity contribution in [3.8, 4) is 6.07 Å². The van der Waals surface area contributed by atoms with E-state index in [1.807, 2.05) is 26.0 Å². The SMILES string of the molecule is CC(=O)N(CC(=O)Nc1c(C)cc(C)cc1Cl)c1cccc(C#N)c1. The molecule has 2 aromatic carbocycles. The maximum Gasteiger partial charge on any atom is 0.244 e. The molecule has 25 heavy (non-hydrogen) atoms. The number of anilines is 2. The second-order valence-electron chi connectivity index (χ2n) is 5.75. The first kappa shape index (κ1) is 18.5. The van der Waals surface area contributed by atoms with Gasteiger partial charge in [0.15, 0.2) is 0 Å². The van der Waals surface area contributed by atoms with E-state index in [4.69, 9.17) is 16.9 Å². The first-order valence-corrected chi connectivity index (χ1v) is 8.04. The zero-order valence-corrected chi connectivity index (χ0v) is 15.0. The van der Waals surface area contributed by atoms with Gasteiger partial charge in [0.05, 0.1) is 22.3 Å². The summed E-state index contributed by atoms with van der Waals surface area (Å²) in [7, 11) is 0. The van der Waals surface area contributed by atoms with E-state index in [1.54, 1.807) is 30.3 Å². The average molecular weight is 356 g/mol. The van der Waals surface area contributed by atoms with E-state index in [1.165, 1.54) is 11.8 Å². The van der Waals surface area contributed by atoms with Gasteiger partial charge in [0.1, 0.15) is 6.54 Å². The second kappa shape index (κ2) is 7.82. The zero-order valence-electron chi connectivity index (χ0n) is 14.3. The van der Waals surface area contributed by atoms with Gasteiger partial charge in [-0.25, -0.2) is 0 Å². The van der Waals surface area contributed by atoms with Crippen molar-refractivity contribution in [3.05, 3.63) is 58.1 Å². The van der Waals surface area contributed by atoms with Crippen LogP contribution in [0.1, 0.15) is 23.6 Å². The normalized spacial score (nSPS) is 10.0. The van der Waals surface area contributed by atoms with Gasteiger partial charge in [-0.1, -0.05) is 23.7 Å². The van der Waals surface area contributed by atoms with Crippen molar-refractivity contribution in [3.63, 3.8) is 0 Å². The van der Waals surface area contributed by atoms with Crippen LogP contribution in [-0.4, -0.2) is 18.4 Å². The number of carbonyl (C=O) groups is 2. The summed E-state index contributed by atoms with van der Waals surface area (Å²) in [6, 6.07) is 12.3. The van der Waals surface area contributed by atoms with Crippen molar-refractivity contribution in [1.29, 1.82) is 5.26 Å². The van der Waals surface area contributed by atoms with Gasteiger partial charge < -0.3 is 10.2 Å². The van der Waals surface area contributed by atoms with E-state index in [-0.39, 0.29) is 18.4 Å². The topological polar surface area (TPSA) is 73.2 Å². The summed E-state index contributed by atoms with van der Waals surface area (Å²) < 4.78 is 0. The summed E-state index contributed by atoms with van der Waals surface area (Å²) in [5, 5.41) is 12.2. The fourth-order valence-electron chi connectivity index (χ4n) is 2.52. The Hall–Kier alpha value is -2.84. The quantitative estimate of drug-likeness (QED) is 0.906. The molecule has 6 heteroatoms. The van der Waals surface area contributed by atoms with Gasteiger partial charge >= 0.3 is 0 Å². The maximum absolute atomic E-state index is 12.4. The molecule has 0 atom stereocenters. The van der Waals surface area contributed by atoms with Crippen molar-refractivity contribution in [1.82, 2.24) is 0 Å². The van der Waals surface area contributed by atoms with Crippen LogP contribution in [0, 0.1) is 25.2 Å². The van der Waals surface area contributed by atoms with E-state index in [0.29, 0.717) is 22.0 Å². The average Bonchev–Trinajstić information content (AvgIpc) is 2.55. The second-order valence-corrected chi connectivity index (χ2v) is 6.16. The lowest BCUT2D eigenvalue weighted by molar-refractivity contribution is -0.120. The number of benzene rings is 2. The molecule has 0 unspecified atom stereocenters. The minimum absolute atomic E-state index is 0.173. The Morgan fingerprint density at radius 1 is 1.24 bits per heavy atom. The highest BCUT2D eigenvalue weighted by Gasteiger charge is 2.18. The lowest BCUT2D eigenvalue weighted by Gasteiger charge is -2.21. The van der Waals surface area contributed by atoms with Gasteiger partial charge in [0.2, 0.25) is 11.8 Å². The lowest BCUT2D eigenvalue weighted by atomic mass is 10.1. The monoisotopic (exact) mass is 355 g/mol. The van der Waals surface area contributed by atoms with E-state index in [0.717, 1.165) is 11.1 Å². The Labute approximate surface area is 151 Å². The summed E-state index contributed by atoms with van der Waals surface area (Å²) >= 11 is 6.20. The summed E-state index contributed by atoms with van der Waals surface area (Å²) in [4.78, 5) is 25.7. The summed E-state index contributed by atoms with van der Waals surface area (Å²) in [5.41, 5.74) is 3.29. The van der Waals surface area contributed by atoms with Gasteiger partial charge in [-0.2, -0.15) is 5.26 Å². The fraction of sp³-hybridized carbons (Fsp3) is 0.211. The third-order valence-corrected chi connectivity index (χ3v) is 3.96. The molecule has 2 aromatic rings. The molecule has 0 aliphatic carbocycles. The number of hydrogen-bond donors (Lipinski definition) is 1. The highest BCUT2D eigenvalue weighted by Crippen LogP contribution is 2.27. The molecule has 0 saturated heterocycles. The van der Waals surface area contributed by atoms with Crippen molar-refractivity contribution in [2.45, 2.75) is 20.8 Å². The Kier molecular flexibility index (Phi) is 5.79. The molecule has 0 bridgehead atoms. The molecule has 1 N–H and O–H groups in total. The van der Waals surface area contributed by atoms with Gasteiger partial charge in [-0.3, -0.25) is 9.59 Å². The molecule has 0 saturated carbocycles. The number of nitriles is 1. The third-order valence-electron chi connectivity index (χ3n) is 3.66. The van der Waals surface area contributed by atoms with E-state index < -0.39 is 0 Å². The minimum Gasteiger partial charge on any atom is -0.323 e. The van der Waals surface area contributed by atoms with Crippen LogP contribution in [0.2, 0.25) is 5.02 Å². The summed E-state index contributed by atoms with van der Waals surface area (Å²) in [5.74, 6) is -0.664. The van der Waals surface area contributed by atoms with Crippen molar-refractivity contribution in [2.75, 3.05) is 16.8 Å². The fourth-order valence-corrected chi connectivity index (χ4v) is 2.89. The predicted octanol–water partition coefficient (Wildman–Crippen LogP) is 3.82. The van der Waals surface area contributed by atoms with Crippen LogP contribution in [-0.2, 0) is 9.59 Å². The summed E-state index contributed by atoms with van der Waals surface area (Å²) in [6.45, 7) is 4.97. The Morgan fingerprint density at radius 3 is 2.56 bits per heavy atom. The molecular formula is C19H18ClN3O2. The van der Waals surface area contributed by atoms with Crippen molar-refractivity contribution in [2.24, 2.45) is 0 Å². The number of nitrogens with one attached hydrogen (secondary N) is 1. The first-order valence-electron chi connectivity index (χ1n) is 7.66. The van der Waals surface area contributed by atoms with E-state index >= 15 is 0 Å². The lowest BCUT2D eigenvalue weighted by Crippen LogP contribution is -2.36. The number of amides is 2. The highest BCUT2D eigenvalue weighted by atomic mass is 35.5. The van der Waals surface area contributed by atoms with Crippen LogP contribution in [0.4, 0.5) is 11.4 Å². The van der Waals surface area contributed by atoms with E-state index in [9.17, 15) is 9.59 Å². The largest absolute Gasteiger partial charge is 0.323 e. The van der Waals surface area contributed by atoms with Crippen LogP contribution in [0.5, 0.6) is 0 Å². The number of halogens is 1. The van der Waals surface area contributed by atoms with Crippen LogP contribution in [0.15, 0.2) is 36.4 Å². The third kappa shape index (κ3) is 4.59. The number of hydrogen-bond acceptors (Lipinski definition) is 3. The van der Waals surface area contributed by atoms with E-state index in [2.05, 4.69) is 5.32 Å². The standard InChI is InChI=1S/C19H18ClN3O2/c1-12-7-13(2)19(17(20)8-12)22-18(25)11-23(14(3)24)16-6-4-5-15(9-16)10-21/h4-9H,11H2,1-3H3,(H,22,25). The maximum atomic E-state index is 12.4. The van der Waals surface area contributed by atoms with Gasteiger partial charge in [-0.05, 0) is 49.2 Å². The molecule has 0 aromatic heterocycles. The molecule has 0 aliphatic heterocycles. The number of rotatable bonds is 4. The zero-order chi connectivity index (χ0) is 18.6. The molecule has 0 heterocycles. The molecule has 5 nitrogen and oxygen atoms in total. The molecule has 128 valence electrons. The van der Waals surface area contributed by atoms with Crippen molar-refractivity contribution >= 4 is 34.8 Å². The Morgan fingerprint density at radius 2 is 1.96 bits per heavy atom. The first-order chi connectivity index (χ1) is 11.8. The molecule has 0 radical (unpaired) electrons. The molecular weight excluding hydrogens is 338 g/mol. The van der Waals surface area contributed by atoms with Crippen molar-refractivity contribution < 1.29 is 9.59 Å². The highest BCUT2D eigenvalue weighted by molar-refractivity contribution is 6.34. The van der Waals surface area contributed by atoms with Gasteiger partial charge in [-0.15, -0.1) is 0 Å². The van der Waals surface area contributed by atoms with Crippen LogP contribution in [0.25, 0.3) is 0 Å². The summed E-state index contributed by atoms with van der Waals surface area (Å²) in [6.07, 6.45) is 0. The smallest absolute Gasteiger partial charge is 0.244 e. The van der Waals surface area contributed by atoms with Gasteiger partial charge in [0.25, 0.3) is 0 Å². The molecule has 2 rings (SSSR count). The number of carbonyl (C=O) groups excluding carboxylic acids is 2. The minimum atomic E-state index is -0.369. The molecule has 0 aliphatic rings. The molecule has 0 fully saturated rings.